The number of nitrogens with one attached hydrogen (secondary N) is 1. The van der Waals surface area contributed by atoms with Gasteiger partial charge in [0.25, 0.3) is 0 Å². The molecule has 4 nitrogen and oxygen atoms in total. The van der Waals surface area contributed by atoms with Crippen LogP contribution >= 0.6 is 0 Å². The average molecular weight is 287 g/mol. The number of hydrogen-bond donors (Lipinski definition) is 1. The summed E-state index contributed by atoms with van der Waals surface area (Å²) in [4.78, 5) is 19.1. The maximum absolute atomic E-state index is 12.3. The number of rotatable bonds is 4. The molecule has 1 amide bonds. The van der Waals surface area contributed by atoms with Crippen LogP contribution in [0.3, 0.4) is 0 Å². The SMILES string of the molecule is CC1(C(=O)NCc2ccnc(N3CCCC3)c2)CCCC1. The lowest BCUT2D eigenvalue weighted by atomic mass is 9.88. The summed E-state index contributed by atoms with van der Waals surface area (Å²) in [6.07, 6.45) is 8.76. The first-order valence-electron chi connectivity index (χ1n) is 8.16. The van der Waals surface area contributed by atoms with Gasteiger partial charge in [0.1, 0.15) is 5.82 Å². The third-order valence-corrected chi connectivity index (χ3v) is 4.95. The summed E-state index contributed by atoms with van der Waals surface area (Å²) in [5.41, 5.74) is 0.993. The molecular formula is C17H25N3O. The zero-order valence-electron chi connectivity index (χ0n) is 12.9. The summed E-state index contributed by atoms with van der Waals surface area (Å²) in [7, 11) is 0. The van der Waals surface area contributed by atoms with Crippen molar-refractivity contribution in [2.45, 2.75) is 52.0 Å². The van der Waals surface area contributed by atoms with Crippen molar-refractivity contribution in [2.75, 3.05) is 18.0 Å². The first-order chi connectivity index (χ1) is 10.2. The molecule has 1 aliphatic carbocycles. The van der Waals surface area contributed by atoms with Crippen LogP contribution < -0.4 is 10.2 Å². The van der Waals surface area contributed by atoms with E-state index < -0.39 is 0 Å². The molecule has 2 fully saturated rings. The van der Waals surface area contributed by atoms with Crippen molar-refractivity contribution in [3.63, 3.8) is 0 Å². The molecule has 1 saturated heterocycles. The Morgan fingerprint density at radius 3 is 2.71 bits per heavy atom. The van der Waals surface area contributed by atoms with Crippen LogP contribution in [0.4, 0.5) is 5.82 Å². The van der Waals surface area contributed by atoms with E-state index in [1.54, 1.807) is 0 Å². The Morgan fingerprint density at radius 1 is 1.29 bits per heavy atom. The summed E-state index contributed by atoms with van der Waals surface area (Å²) >= 11 is 0. The zero-order chi connectivity index (χ0) is 14.7. The highest BCUT2D eigenvalue weighted by atomic mass is 16.2. The second kappa shape index (κ2) is 6.04. The molecule has 2 heterocycles. The Labute approximate surface area is 126 Å². The normalized spacial score (nSPS) is 20.7. The first kappa shape index (κ1) is 14.4. The third kappa shape index (κ3) is 3.20. The first-order valence-corrected chi connectivity index (χ1v) is 8.16. The minimum absolute atomic E-state index is 0.148. The zero-order valence-corrected chi connectivity index (χ0v) is 12.9. The predicted molar refractivity (Wildman–Crippen MR) is 84.1 cm³/mol. The topological polar surface area (TPSA) is 45.2 Å². The molecule has 0 radical (unpaired) electrons. The quantitative estimate of drug-likeness (QED) is 0.926. The van der Waals surface area contributed by atoms with Gasteiger partial charge in [0.2, 0.25) is 5.91 Å². The highest BCUT2D eigenvalue weighted by Crippen LogP contribution is 2.37. The van der Waals surface area contributed by atoms with Crippen molar-refractivity contribution >= 4 is 11.7 Å². The third-order valence-electron chi connectivity index (χ3n) is 4.95. The fourth-order valence-electron chi connectivity index (χ4n) is 3.47. The minimum Gasteiger partial charge on any atom is -0.357 e. The lowest BCUT2D eigenvalue weighted by Gasteiger charge is -2.22. The van der Waals surface area contributed by atoms with E-state index in [0.717, 1.165) is 37.3 Å². The minimum atomic E-state index is -0.148. The van der Waals surface area contributed by atoms with Crippen molar-refractivity contribution in [2.24, 2.45) is 5.41 Å². The molecule has 21 heavy (non-hydrogen) atoms. The second-order valence-corrected chi connectivity index (χ2v) is 6.67. The van der Waals surface area contributed by atoms with Crippen LogP contribution in [0, 0.1) is 5.41 Å². The summed E-state index contributed by atoms with van der Waals surface area (Å²) in [5.74, 6) is 1.26. The number of carbonyl (C=O) groups is 1. The Hall–Kier alpha value is -1.58. The molecule has 3 rings (SSSR count). The maximum Gasteiger partial charge on any atom is 0.226 e. The van der Waals surface area contributed by atoms with Crippen LogP contribution in [0.2, 0.25) is 0 Å². The molecule has 0 aromatic carbocycles. The highest BCUT2D eigenvalue weighted by Gasteiger charge is 2.35. The van der Waals surface area contributed by atoms with Gasteiger partial charge >= 0.3 is 0 Å². The second-order valence-electron chi connectivity index (χ2n) is 6.67. The highest BCUT2D eigenvalue weighted by molar-refractivity contribution is 5.82. The lowest BCUT2D eigenvalue weighted by molar-refractivity contribution is -0.130. The molecule has 2 aliphatic rings. The van der Waals surface area contributed by atoms with Gasteiger partial charge in [0.15, 0.2) is 0 Å². The predicted octanol–water partition coefficient (Wildman–Crippen LogP) is 2.88. The van der Waals surface area contributed by atoms with Crippen molar-refractivity contribution in [3.8, 4) is 0 Å². The standard InChI is InChI=1S/C17H25N3O/c1-17(7-2-3-8-17)16(21)19-13-14-6-9-18-15(12-14)20-10-4-5-11-20/h6,9,12H,2-5,7-8,10-11,13H2,1H3,(H,19,21). The van der Waals surface area contributed by atoms with Gasteiger partial charge in [0.05, 0.1) is 0 Å². The molecule has 114 valence electrons. The van der Waals surface area contributed by atoms with Crippen molar-refractivity contribution in [1.29, 1.82) is 0 Å². The van der Waals surface area contributed by atoms with Gasteiger partial charge in [-0.25, -0.2) is 4.98 Å². The number of pyridine rings is 1. The average Bonchev–Trinajstić information content (AvgIpc) is 3.17. The smallest absolute Gasteiger partial charge is 0.226 e. The van der Waals surface area contributed by atoms with E-state index in [0.29, 0.717) is 6.54 Å². The molecular weight excluding hydrogens is 262 g/mol. The largest absolute Gasteiger partial charge is 0.357 e. The molecule has 4 heteroatoms. The fraction of sp³-hybridized carbons (Fsp3) is 0.647. The molecule has 0 unspecified atom stereocenters. The Morgan fingerprint density at radius 2 is 2.00 bits per heavy atom. The number of aromatic nitrogens is 1. The van der Waals surface area contributed by atoms with E-state index in [9.17, 15) is 4.79 Å². The van der Waals surface area contributed by atoms with Crippen LogP contribution in [-0.2, 0) is 11.3 Å². The van der Waals surface area contributed by atoms with Crippen LogP contribution in [0.15, 0.2) is 18.3 Å². The molecule has 0 atom stereocenters. The van der Waals surface area contributed by atoms with E-state index in [2.05, 4.69) is 28.2 Å². The van der Waals surface area contributed by atoms with E-state index >= 15 is 0 Å². The Balaban J connectivity index is 1.60. The van der Waals surface area contributed by atoms with Gasteiger partial charge < -0.3 is 10.2 Å². The van der Waals surface area contributed by atoms with E-state index in [1.807, 2.05) is 12.3 Å². The molecule has 0 spiro atoms. The molecule has 1 saturated carbocycles. The van der Waals surface area contributed by atoms with Crippen LogP contribution in [0.1, 0.15) is 51.0 Å². The van der Waals surface area contributed by atoms with E-state index in [4.69, 9.17) is 0 Å². The number of anilines is 1. The van der Waals surface area contributed by atoms with Gasteiger partial charge in [-0.2, -0.15) is 0 Å². The molecule has 1 aliphatic heterocycles. The van der Waals surface area contributed by atoms with Crippen LogP contribution in [0.5, 0.6) is 0 Å². The van der Waals surface area contributed by atoms with Crippen molar-refractivity contribution in [1.82, 2.24) is 10.3 Å². The number of hydrogen-bond acceptors (Lipinski definition) is 3. The van der Waals surface area contributed by atoms with Crippen LogP contribution in [0.25, 0.3) is 0 Å². The lowest BCUT2D eigenvalue weighted by Crippen LogP contribution is -2.36. The van der Waals surface area contributed by atoms with Gasteiger partial charge in [-0.15, -0.1) is 0 Å². The summed E-state index contributed by atoms with van der Waals surface area (Å²) in [6.45, 7) is 4.90. The van der Waals surface area contributed by atoms with Gasteiger partial charge in [-0.1, -0.05) is 19.8 Å². The number of carbonyl (C=O) groups excluding carboxylic acids is 1. The molecule has 1 aromatic heterocycles. The van der Waals surface area contributed by atoms with Crippen molar-refractivity contribution < 1.29 is 4.79 Å². The summed E-state index contributed by atoms with van der Waals surface area (Å²) in [5, 5.41) is 3.11. The van der Waals surface area contributed by atoms with Crippen LogP contribution in [-0.4, -0.2) is 24.0 Å². The van der Waals surface area contributed by atoms with Crippen molar-refractivity contribution in [3.05, 3.63) is 23.9 Å². The van der Waals surface area contributed by atoms with Gasteiger partial charge in [-0.3, -0.25) is 4.79 Å². The molecule has 0 bridgehead atoms. The van der Waals surface area contributed by atoms with Gasteiger partial charge in [-0.05, 0) is 43.4 Å². The fourth-order valence-corrected chi connectivity index (χ4v) is 3.47. The molecule has 1 N–H and O–H groups in total. The van der Waals surface area contributed by atoms with E-state index in [1.165, 1.54) is 25.7 Å². The van der Waals surface area contributed by atoms with Gasteiger partial charge in [0, 0.05) is 31.2 Å². The number of amides is 1. The molecule has 1 aromatic rings. The van der Waals surface area contributed by atoms with E-state index in [-0.39, 0.29) is 11.3 Å². The Kier molecular flexibility index (Phi) is 4.13. The maximum atomic E-state index is 12.3. The summed E-state index contributed by atoms with van der Waals surface area (Å²) < 4.78 is 0. The summed E-state index contributed by atoms with van der Waals surface area (Å²) in [6, 6.07) is 4.11. The number of nitrogens with zero attached hydrogens (tertiary/aromatic N) is 2. The monoisotopic (exact) mass is 287 g/mol. The Bertz CT molecular complexity index is 503.